The first-order valence-corrected chi connectivity index (χ1v) is 7.85. The number of nitrogens with two attached hydrogens (primary N) is 1. The van der Waals surface area contributed by atoms with E-state index in [1.807, 2.05) is 23.9 Å². The summed E-state index contributed by atoms with van der Waals surface area (Å²) in [6, 6.07) is 3.96. The lowest BCUT2D eigenvalue weighted by atomic mass is 10.0. The zero-order chi connectivity index (χ0) is 13.2. The Balaban J connectivity index is 1.73. The van der Waals surface area contributed by atoms with Crippen LogP contribution >= 0.6 is 11.8 Å². The van der Waals surface area contributed by atoms with Crippen LogP contribution in [0.15, 0.2) is 12.1 Å². The van der Waals surface area contributed by atoms with Gasteiger partial charge in [-0.2, -0.15) is 11.8 Å². The number of amides is 1. The number of hydrogen-bond donors (Lipinski definition) is 3. The standard InChI is InChI=1S/C14H19N3OS/c15-11-6-9-3-4-14(18)17-12(9)7-13(11)16-8-10-2-1-5-19-10/h6-7,10,16H,1-5,8,15H2,(H,17,18). The third kappa shape index (κ3) is 2.81. The van der Waals surface area contributed by atoms with Crippen LogP contribution in [0.5, 0.6) is 0 Å². The third-order valence-corrected chi connectivity index (χ3v) is 5.11. The predicted octanol–water partition coefficient (Wildman–Crippen LogP) is 2.46. The second-order valence-electron chi connectivity index (χ2n) is 5.16. The van der Waals surface area contributed by atoms with Crippen molar-refractivity contribution >= 4 is 34.7 Å². The number of aryl methyl sites for hydroxylation is 1. The molecule has 1 saturated heterocycles. The molecule has 1 amide bonds. The van der Waals surface area contributed by atoms with Gasteiger partial charge in [-0.05, 0) is 42.7 Å². The Bertz CT molecular complexity index is 498. The highest BCUT2D eigenvalue weighted by molar-refractivity contribution is 8.00. The van der Waals surface area contributed by atoms with Crippen LogP contribution in [0.25, 0.3) is 0 Å². The van der Waals surface area contributed by atoms with Crippen LogP contribution in [0.3, 0.4) is 0 Å². The van der Waals surface area contributed by atoms with E-state index in [0.29, 0.717) is 11.7 Å². The number of hydrogen-bond acceptors (Lipinski definition) is 4. The van der Waals surface area contributed by atoms with Gasteiger partial charge in [0.2, 0.25) is 5.91 Å². The maximum atomic E-state index is 11.4. The zero-order valence-corrected chi connectivity index (χ0v) is 11.7. The highest BCUT2D eigenvalue weighted by atomic mass is 32.2. The molecular formula is C14H19N3OS. The minimum absolute atomic E-state index is 0.0922. The van der Waals surface area contributed by atoms with Gasteiger partial charge in [-0.15, -0.1) is 0 Å². The summed E-state index contributed by atoms with van der Waals surface area (Å²) in [6.45, 7) is 0.946. The minimum atomic E-state index is 0.0922. The molecule has 19 heavy (non-hydrogen) atoms. The van der Waals surface area contributed by atoms with Crippen LogP contribution in [0.2, 0.25) is 0 Å². The lowest BCUT2D eigenvalue weighted by molar-refractivity contribution is -0.116. The molecular weight excluding hydrogens is 258 g/mol. The van der Waals surface area contributed by atoms with E-state index in [2.05, 4.69) is 10.6 Å². The number of carbonyl (C=O) groups is 1. The lowest BCUT2D eigenvalue weighted by Gasteiger charge is -2.20. The number of rotatable bonds is 3. The molecule has 0 bridgehead atoms. The summed E-state index contributed by atoms with van der Waals surface area (Å²) in [5.41, 5.74) is 9.84. The molecule has 1 unspecified atom stereocenters. The summed E-state index contributed by atoms with van der Waals surface area (Å²) in [6.07, 6.45) is 3.92. The zero-order valence-electron chi connectivity index (χ0n) is 10.9. The van der Waals surface area contributed by atoms with Gasteiger partial charge in [0.15, 0.2) is 0 Å². The van der Waals surface area contributed by atoms with Gasteiger partial charge in [-0.1, -0.05) is 0 Å². The first-order chi connectivity index (χ1) is 9.22. The molecule has 1 aromatic rings. The van der Waals surface area contributed by atoms with Gasteiger partial charge in [-0.25, -0.2) is 0 Å². The summed E-state index contributed by atoms with van der Waals surface area (Å²) in [5, 5.41) is 7.02. The van der Waals surface area contributed by atoms with E-state index in [9.17, 15) is 4.79 Å². The average Bonchev–Trinajstić information content (AvgIpc) is 2.90. The van der Waals surface area contributed by atoms with Gasteiger partial charge in [0.1, 0.15) is 0 Å². The molecule has 4 N–H and O–H groups in total. The molecule has 3 rings (SSSR count). The number of fused-ring (bicyclic) bond motifs is 1. The summed E-state index contributed by atoms with van der Waals surface area (Å²) < 4.78 is 0. The number of anilines is 3. The Morgan fingerprint density at radius 1 is 1.42 bits per heavy atom. The predicted molar refractivity (Wildman–Crippen MR) is 81.8 cm³/mol. The van der Waals surface area contributed by atoms with Crippen molar-refractivity contribution in [2.75, 3.05) is 28.7 Å². The summed E-state index contributed by atoms with van der Waals surface area (Å²) >= 11 is 2.02. The average molecular weight is 277 g/mol. The molecule has 0 aliphatic carbocycles. The SMILES string of the molecule is Nc1cc2c(cc1NCC1CCCS1)NC(=O)CC2. The van der Waals surface area contributed by atoms with Crippen molar-refractivity contribution in [1.29, 1.82) is 0 Å². The smallest absolute Gasteiger partial charge is 0.224 e. The van der Waals surface area contributed by atoms with Crippen LogP contribution in [0.4, 0.5) is 17.1 Å². The van der Waals surface area contributed by atoms with Gasteiger partial charge in [0, 0.05) is 23.9 Å². The quantitative estimate of drug-likeness (QED) is 0.742. The monoisotopic (exact) mass is 277 g/mol. The lowest BCUT2D eigenvalue weighted by Crippen LogP contribution is -2.20. The fraction of sp³-hybridized carbons (Fsp3) is 0.500. The Morgan fingerprint density at radius 2 is 2.32 bits per heavy atom. The molecule has 2 heterocycles. The van der Waals surface area contributed by atoms with Crippen molar-refractivity contribution in [2.45, 2.75) is 30.9 Å². The first-order valence-electron chi connectivity index (χ1n) is 6.80. The van der Waals surface area contributed by atoms with Crippen molar-refractivity contribution < 1.29 is 4.79 Å². The van der Waals surface area contributed by atoms with Crippen molar-refractivity contribution in [1.82, 2.24) is 0 Å². The van der Waals surface area contributed by atoms with Crippen molar-refractivity contribution in [2.24, 2.45) is 0 Å². The molecule has 5 heteroatoms. The topological polar surface area (TPSA) is 67.2 Å². The van der Waals surface area contributed by atoms with E-state index in [4.69, 9.17) is 5.73 Å². The van der Waals surface area contributed by atoms with Crippen LogP contribution in [-0.2, 0) is 11.2 Å². The van der Waals surface area contributed by atoms with Crippen molar-refractivity contribution in [3.63, 3.8) is 0 Å². The Labute approximate surface area is 117 Å². The minimum Gasteiger partial charge on any atom is -0.397 e. The Hall–Kier alpha value is -1.36. The van der Waals surface area contributed by atoms with E-state index in [0.717, 1.165) is 35.6 Å². The molecule has 1 atom stereocenters. The Morgan fingerprint density at radius 3 is 3.11 bits per heavy atom. The van der Waals surface area contributed by atoms with Gasteiger partial charge in [0.25, 0.3) is 0 Å². The van der Waals surface area contributed by atoms with Crippen molar-refractivity contribution in [3.05, 3.63) is 17.7 Å². The largest absolute Gasteiger partial charge is 0.397 e. The van der Waals surface area contributed by atoms with Crippen LogP contribution in [0, 0.1) is 0 Å². The van der Waals surface area contributed by atoms with Gasteiger partial charge in [0.05, 0.1) is 11.4 Å². The molecule has 0 radical (unpaired) electrons. The fourth-order valence-electron chi connectivity index (χ4n) is 2.63. The third-order valence-electron chi connectivity index (χ3n) is 3.72. The van der Waals surface area contributed by atoms with E-state index in [1.165, 1.54) is 18.6 Å². The molecule has 4 nitrogen and oxygen atoms in total. The van der Waals surface area contributed by atoms with E-state index in [1.54, 1.807) is 0 Å². The first kappa shape index (κ1) is 12.7. The molecule has 0 saturated carbocycles. The molecule has 2 aliphatic heterocycles. The second-order valence-corrected chi connectivity index (χ2v) is 6.57. The molecule has 2 aliphatic rings. The number of nitrogens with one attached hydrogen (secondary N) is 2. The number of carbonyl (C=O) groups excluding carboxylic acids is 1. The number of benzene rings is 1. The summed E-state index contributed by atoms with van der Waals surface area (Å²) in [7, 11) is 0. The summed E-state index contributed by atoms with van der Waals surface area (Å²) in [5.74, 6) is 1.36. The van der Waals surface area contributed by atoms with Gasteiger partial charge < -0.3 is 16.4 Å². The van der Waals surface area contributed by atoms with Crippen LogP contribution in [-0.4, -0.2) is 23.5 Å². The van der Waals surface area contributed by atoms with E-state index < -0.39 is 0 Å². The van der Waals surface area contributed by atoms with E-state index >= 15 is 0 Å². The highest BCUT2D eigenvalue weighted by Crippen LogP contribution is 2.32. The molecule has 1 fully saturated rings. The number of nitrogen functional groups attached to an aromatic ring is 1. The van der Waals surface area contributed by atoms with E-state index in [-0.39, 0.29) is 5.91 Å². The molecule has 1 aromatic carbocycles. The molecule has 102 valence electrons. The van der Waals surface area contributed by atoms with Gasteiger partial charge >= 0.3 is 0 Å². The highest BCUT2D eigenvalue weighted by Gasteiger charge is 2.18. The van der Waals surface area contributed by atoms with Crippen molar-refractivity contribution in [3.8, 4) is 0 Å². The Kier molecular flexibility index (Phi) is 3.55. The number of thioether (sulfide) groups is 1. The molecule has 0 spiro atoms. The second kappa shape index (κ2) is 5.33. The van der Waals surface area contributed by atoms with Gasteiger partial charge in [-0.3, -0.25) is 4.79 Å². The fourth-order valence-corrected chi connectivity index (χ4v) is 3.83. The maximum Gasteiger partial charge on any atom is 0.224 e. The maximum absolute atomic E-state index is 11.4. The normalized spacial score (nSPS) is 21.9. The van der Waals surface area contributed by atoms with Crippen LogP contribution in [0.1, 0.15) is 24.8 Å². The molecule has 0 aromatic heterocycles. The summed E-state index contributed by atoms with van der Waals surface area (Å²) in [4.78, 5) is 11.4. The van der Waals surface area contributed by atoms with Crippen LogP contribution < -0.4 is 16.4 Å².